The van der Waals surface area contributed by atoms with Crippen molar-refractivity contribution in [1.82, 2.24) is 10.2 Å². The summed E-state index contributed by atoms with van der Waals surface area (Å²) in [6, 6.07) is 8.08. The number of aromatic nitrogens is 2. The molecule has 94 valence electrons. The predicted molar refractivity (Wildman–Crippen MR) is 66.4 cm³/mol. The predicted octanol–water partition coefficient (Wildman–Crippen LogP) is 1.47. The van der Waals surface area contributed by atoms with Crippen molar-refractivity contribution in [1.29, 1.82) is 0 Å². The zero-order valence-corrected chi connectivity index (χ0v) is 9.70. The van der Waals surface area contributed by atoms with E-state index in [1.807, 2.05) is 18.2 Å². The van der Waals surface area contributed by atoms with E-state index >= 15 is 0 Å². The van der Waals surface area contributed by atoms with E-state index < -0.39 is 18.8 Å². The molecule has 1 heterocycles. The highest BCUT2D eigenvalue weighted by atomic mass is 19.1. The number of halogens is 1. The van der Waals surface area contributed by atoms with Gasteiger partial charge in [0.05, 0.1) is 24.5 Å². The van der Waals surface area contributed by atoms with Gasteiger partial charge in [0, 0.05) is 5.56 Å². The van der Waals surface area contributed by atoms with Crippen LogP contribution in [0.15, 0.2) is 42.7 Å². The minimum absolute atomic E-state index is 0.603. The average Bonchev–Trinajstić information content (AvgIpc) is 2.47. The monoisotopic (exact) mass is 247 g/mol. The molecule has 0 saturated carbocycles. The molecule has 0 radical (unpaired) electrons. The molecule has 0 unspecified atom stereocenters. The number of nitrogens with zero attached hydrogens (tertiary/aromatic N) is 2. The summed E-state index contributed by atoms with van der Waals surface area (Å²) in [7, 11) is 0. The number of aliphatic hydroxyl groups excluding tert-OH is 1. The zero-order valence-electron chi connectivity index (χ0n) is 9.70. The zero-order chi connectivity index (χ0) is 13.0. The molecule has 0 saturated heterocycles. The molecule has 0 bridgehead atoms. The highest BCUT2D eigenvalue weighted by Gasteiger charge is 2.16. The van der Waals surface area contributed by atoms with E-state index in [0.29, 0.717) is 5.56 Å². The van der Waals surface area contributed by atoms with Crippen LogP contribution < -0.4 is 5.73 Å². The number of hydrogen-bond acceptors (Lipinski definition) is 4. The first-order valence-corrected chi connectivity index (χ1v) is 5.59. The second-order valence-corrected chi connectivity index (χ2v) is 4.02. The van der Waals surface area contributed by atoms with Crippen molar-refractivity contribution in [2.24, 2.45) is 5.73 Å². The summed E-state index contributed by atoms with van der Waals surface area (Å²) in [6.45, 7) is -0.753. The van der Waals surface area contributed by atoms with E-state index in [9.17, 15) is 9.50 Å². The first-order valence-electron chi connectivity index (χ1n) is 5.59. The van der Waals surface area contributed by atoms with Crippen molar-refractivity contribution in [2.45, 2.75) is 12.1 Å². The maximum atomic E-state index is 12.4. The number of rotatable bonds is 4. The van der Waals surface area contributed by atoms with E-state index in [0.717, 1.165) is 11.1 Å². The summed E-state index contributed by atoms with van der Waals surface area (Å²) >= 11 is 0. The van der Waals surface area contributed by atoms with E-state index in [-0.39, 0.29) is 0 Å². The Hall–Kier alpha value is -1.85. The van der Waals surface area contributed by atoms with Gasteiger partial charge in [0.2, 0.25) is 0 Å². The van der Waals surface area contributed by atoms with Gasteiger partial charge >= 0.3 is 0 Å². The van der Waals surface area contributed by atoms with Gasteiger partial charge in [-0.05, 0) is 17.2 Å². The number of aliphatic hydroxyl groups is 1. The van der Waals surface area contributed by atoms with Gasteiger partial charge in [-0.3, -0.25) is 0 Å². The lowest BCUT2D eigenvalue weighted by atomic mass is 10.0. The number of alkyl halides is 1. The molecule has 5 heteroatoms. The Labute approximate surface area is 104 Å². The maximum absolute atomic E-state index is 12.4. The van der Waals surface area contributed by atoms with Gasteiger partial charge in [-0.25, -0.2) is 4.39 Å². The van der Waals surface area contributed by atoms with Crippen LogP contribution in [0.4, 0.5) is 4.39 Å². The van der Waals surface area contributed by atoms with Crippen LogP contribution in [-0.2, 0) is 0 Å². The number of nitrogens with two attached hydrogens (primary N) is 1. The average molecular weight is 247 g/mol. The van der Waals surface area contributed by atoms with Gasteiger partial charge in [-0.2, -0.15) is 10.2 Å². The summed E-state index contributed by atoms with van der Waals surface area (Å²) in [4.78, 5) is 0. The van der Waals surface area contributed by atoms with E-state index in [1.54, 1.807) is 24.5 Å². The third kappa shape index (κ3) is 2.69. The van der Waals surface area contributed by atoms with E-state index in [1.165, 1.54) is 0 Å². The van der Waals surface area contributed by atoms with Crippen molar-refractivity contribution in [3.8, 4) is 11.1 Å². The molecule has 0 aliphatic rings. The summed E-state index contributed by atoms with van der Waals surface area (Å²) in [6.07, 6.45) is 2.27. The molecule has 0 amide bonds. The van der Waals surface area contributed by atoms with Gasteiger partial charge in [0.25, 0.3) is 0 Å². The third-order valence-electron chi connectivity index (χ3n) is 2.75. The Balaban J connectivity index is 2.20. The lowest BCUT2D eigenvalue weighted by molar-refractivity contribution is 0.132. The van der Waals surface area contributed by atoms with Gasteiger partial charge in [-0.15, -0.1) is 0 Å². The van der Waals surface area contributed by atoms with Crippen molar-refractivity contribution in [3.05, 3.63) is 48.3 Å². The first kappa shape index (κ1) is 12.6. The van der Waals surface area contributed by atoms with Crippen LogP contribution in [0, 0.1) is 0 Å². The lowest BCUT2D eigenvalue weighted by Gasteiger charge is -2.16. The lowest BCUT2D eigenvalue weighted by Crippen LogP contribution is -2.30. The normalized spacial score (nSPS) is 14.2. The summed E-state index contributed by atoms with van der Waals surface area (Å²) in [5, 5.41) is 17.3. The van der Waals surface area contributed by atoms with Crippen molar-refractivity contribution >= 4 is 0 Å². The van der Waals surface area contributed by atoms with Crippen LogP contribution in [0.2, 0.25) is 0 Å². The molecule has 0 fully saturated rings. The van der Waals surface area contributed by atoms with E-state index in [4.69, 9.17) is 5.73 Å². The van der Waals surface area contributed by atoms with Crippen LogP contribution in [0.1, 0.15) is 11.7 Å². The van der Waals surface area contributed by atoms with E-state index in [2.05, 4.69) is 10.2 Å². The van der Waals surface area contributed by atoms with Crippen LogP contribution in [0.3, 0.4) is 0 Å². The molecule has 1 aromatic carbocycles. The fourth-order valence-electron chi connectivity index (χ4n) is 1.67. The molecule has 2 aromatic rings. The second-order valence-electron chi connectivity index (χ2n) is 4.02. The smallest absolute Gasteiger partial charge is 0.107 e. The Bertz CT molecular complexity index is 489. The van der Waals surface area contributed by atoms with Crippen LogP contribution in [0.5, 0.6) is 0 Å². The minimum atomic E-state index is -0.986. The fourth-order valence-corrected chi connectivity index (χ4v) is 1.67. The van der Waals surface area contributed by atoms with Crippen LogP contribution >= 0.6 is 0 Å². The number of hydrogen-bond donors (Lipinski definition) is 2. The third-order valence-corrected chi connectivity index (χ3v) is 2.75. The molecular formula is C13H14FN3O. The highest BCUT2D eigenvalue weighted by molar-refractivity contribution is 5.62. The van der Waals surface area contributed by atoms with Gasteiger partial charge < -0.3 is 10.8 Å². The summed E-state index contributed by atoms with van der Waals surface area (Å²) < 4.78 is 12.4. The Morgan fingerprint density at radius 1 is 1.11 bits per heavy atom. The largest absolute Gasteiger partial charge is 0.387 e. The molecule has 0 aliphatic carbocycles. The molecule has 1 aromatic heterocycles. The molecule has 0 spiro atoms. The summed E-state index contributed by atoms with van der Waals surface area (Å²) in [5.74, 6) is 0. The topological polar surface area (TPSA) is 72.0 Å². The molecule has 3 N–H and O–H groups in total. The van der Waals surface area contributed by atoms with Gasteiger partial charge in [0.1, 0.15) is 6.67 Å². The molecular weight excluding hydrogens is 233 g/mol. The Kier molecular flexibility index (Phi) is 3.96. The SMILES string of the molecule is N[C@H](CF)[C@H](O)c1ccc(-c2ccnnc2)cc1. The van der Waals surface area contributed by atoms with Crippen molar-refractivity contribution in [2.75, 3.05) is 6.67 Å². The van der Waals surface area contributed by atoms with Crippen molar-refractivity contribution in [3.63, 3.8) is 0 Å². The van der Waals surface area contributed by atoms with Crippen molar-refractivity contribution < 1.29 is 9.50 Å². The van der Waals surface area contributed by atoms with Gasteiger partial charge in [0.15, 0.2) is 0 Å². The molecule has 0 aliphatic heterocycles. The van der Waals surface area contributed by atoms with Gasteiger partial charge in [-0.1, -0.05) is 24.3 Å². The van der Waals surface area contributed by atoms with Crippen LogP contribution in [0.25, 0.3) is 11.1 Å². The standard InChI is InChI=1S/C13H14FN3O/c14-7-12(15)13(18)10-3-1-9(2-4-10)11-5-6-16-17-8-11/h1-6,8,12-13,18H,7,15H2/t12-,13-/m1/s1. The molecule has 18 heavy (non-hydrogen) atoms. The Morgan fingerprint density at radius 3 is 2.39 bits per heavy atom. The second kappa shape index (κ2) is 5.66. The minimum Gasteiger partial charge on any atom is -0.387 e. The quantitative estimate of drug-likeness (QED) is 0.858. The molecule has 2 rings (SSSR count). The molecule has 2 atom stereocenters. The fraction of sp³-hybridized carbons (Fsp3) is 0.231. The Morgan fingerprint density at radius 2 is 1.83 bits per heavy atom. The summed E-state index contributed by atoms with van der Waals surface area (Å²) in [5.41, 5.74) is 7.94. The maximum Gasteiger partial charge on any atom is 0.107 e. The van der Waals surface area contributed by atoms with Crippen LogP contribution in [-0.4, -0.2) is 28.0 Å². The first-order chi connectivity index (χ1) is 8.72. The molecule has 4 nitrogen and oxygen atoms in total. The highest BCUT2D eigenvalue weighted by Crippen LogP contribution is 2.22. The number of benzene rings is 1.